The Hall–Kier alpha value is -1.86. The fourth-order valence-corrected chi connectivity index (χ4v) is 3.92. The highest BCUT2D eigenvalue weighted by atomic mass is 31.2. The maximum atomic E-state index is 12.4. The number of phosphoric ester groups is 1. The summed E-state index contributed by atoms with van der Waals surface area (Å²) in [6.45, 7) is 2.15. The van der Waals surface area contributed by atoms with Crippen molar-refractivity contribution >= 4 is 24.9 Å². The predicted octanol–water partition coefficient (Wildman–Crippen LogP) is 0.620. The third-order valence-corrected chi connectivity index (χ3v) is 5.76. The summed E-state index contributed by atoms with van der Waals surface area (Å²) in [5.74, 6) is 0.243. The Morgan fingerprint density at radius 2 is 1.94 bits per heavy atom. The van der Waals surface area contributed by atoms with Gasteiger partial charge >= 0.3 is 7.82 Å². The van der Waals surface area contributed by atoms with Crippen molar-refractivity contribution in [3.05, 3.63) is 16.7 Å². The molecule has 3 heterocycles. The summed E-state index contributed by atoms with van der Waals surface area (Å²) < 4.78 is 22.1. The van der Waals surface area contributed by atoms with Crippen LogP contribution >= 0.6 is 7.82 Å². The molecule has 0 aromatic carbocycles. The zero-order chi connectivity index (χ0) is 23.3. The van der Waals surface area contributed by atoms with Crippen LogP contribution in [0.15, 0.2) is 11.1 Å². The van der Waals surface area contributed by atoms with Gasteiger partial charge in [0.15, 0.2) is 17.4 Å². The number of hydrogen-bond donors (Lipinski definition) is 6. The molecule has 0 bridgehead atoms. The minimum atomic E-state index is -4.78. The van der Waals surface area contributed by atoms with Gasteiger partial charge in [0.1, 0.15) is 18.3 Å². The number of anilines is 1. The first-order valence-corrected chi connectivity index (χ1v) is 12.2. The van der Waals surface area contributed by atoms with Crippen molar-refractivity contribution in [2.45, 2.75) is 70.0 Å². The highest BCUT2D eigenvalue weighted by molar-refractivity contribution is 7.46. The average Bonchev–Trinajstić information content (AvgIpc) is 3.27. The molecule has 0 aliphatic carbocycles. The molecule has 0 spiro atoms. The fraction of sp³-hybridized carbons (Fsp3) is 0.722. The predicted molar refractivity (Wildman–Crippen MR) is 114 cm³/mol. The lowest BCUT2D eigenvalue weighted by atomic mass is 10.1. The van der Waals surface area contributed by atoms with Crippen LogP contribution in [0.2, 0.25) is 0 Å². The molecular weight excluding hydrogens is 445 g/mol. The van der Waals surface area contributed by atoms with Crippen molar-refractivity contribution in [1.29, 1.82) is 0 Å². The second-order valence-electron chi connectivity index (χ2n) is 7.77. The van der Waals surface area contributed by atoms with Gasteiger partial charge in [-0.15, -0.1) is 0 Å². The molecule has 2 aromatic rings. The van der Waals surface area contributed by atoms with E-state index in [4.69, 9.17) is 14.5 Å². The molecule has 0 radical (unpaired) electrons. The molecule has 180 valence electrons. The van der Waals surface area contributed by atoms with Gasteiger partial charge in [-0.3, -0.25) is 18.9 Å². The molecule has 14 heteroatoms. The summed E-state index contributed by atoms with van der Waals surface area (Å²) in [6, 6.07) is 0. The van der Waals surface area contributed by atoms with E-state index in [9.17, 15) is 19.6 Å². The number of unbranched alkanes of at least 4 members (excludes halogenated alkanes) is 5. The third-order valence-electron chi connectivity index (χ3n) is 5.27. The molecule has 1 fully saturated rings. The number of aliphatic hydroxyl groups is 2. The molecule has 3 rings (SSSR count). The standard InChI is InChI=1S/C18H30N5O8P/c1-2-3-4-5-6-7-8-19-18-21-15-12(16(26)22-18)20-10-23(15)17-14(25)13(24)11(31-17)9-30-32(27,28)29/h10-11,13-14,17,24-25H,2-9H2,1H3,(H2,27,28,29)(H2,19,21,22,26)/t11-,13-,14-,17-/m1/s1. The Kier molecular flexibility index (Phi) is 8.39. The van der Waals surface area contributed by atoms with Crippen LogP contribution in [0.1, 0.15) is 51.7 Å². The first kappa shape index (κ1) is 24.8. The Balaban J connectivity index is 1.69. The molecule has 13 nitrogen and oxygen atoms in total. The van der Waals surface area contributed by atoms with E-state index in [0.29, 0.717) is 6.54 Å². The minimum Gasteiger partial charge on any atom is -0.387 e. The molecule has 1 aliphatic heterocycles. The Bertz CT molecular complexity index is 991. The highest BCUT2D eigenvalue weighted by Crippen LogP contribution is 2.38. The number of nitrogens with one attached hydrogen (secondary N) is 2. The summed E-state index contributed by atoms with van der Waals surface area (Å²) in [5, 5.41) is 23.6. The van der Waals surface area contributed by atoms with E-state index in [2.05, 4.69) is 31.7 Å². The molecule has 1 saturated heterocycles. The van der Waals surface area contributed by atoms with Gasteiger partial charge in [0.25, 0.3) is 5.56 Å². The maximum Gasteiger partial charge on any atom is 0.469 e. The van der Waals surface area contributed by atoms with E-state index in [1.54, 1.807) is 0 Å². The molecule has 2 aromatic heterocycles. The van der Waals surface area contributed by atoms with Gasteiger partial charge in [-0.25, -0.2) is 9.55 Å². The van der Waals surface area contributed by atoms with E-state index in [1.165, 1.54) is 30.2 Å². The second-order valence-corrected chi connectivity index (χ2v) is 9.01. The quantitative estimate of drug-likeness (QED) is 0.186. The van der Waals surface area contributed by atoms with Crippen LogP contribution in [0.3, 0.4) is 0 Å². The number of aliphatic hydroxyl groups excluding tert-OH is 2. The zero-order valence-corrected chi connectivity index (χ0v) is 18.6. The van der Waals surface area contributed by atoms with Gasteiger partial charge in [0.05, 0.1) is 12.9 Å². The van der Waals surface area contributed by atoms with Crippen LogP contribution in [0, 0.1) is 0 Å². The number of aromatic amines is 1. The lowest BCUT2D eigenvalue weighted by molar-refractivity contribution is -0.0503. The Morgan fingerprint density at radius 3 is 2.66 bits per heavy atom. The van der Waals surface area contributed by atoms with Crippen LogP contribution in [-0.4, -0.2) is 71.0 Å². The molecule has 6 N–H and O–H groups in total. The summed E-state index contributed by atoms with van der Waals surface area (Å²) in [5.41, 5.74) is -0.323. The number of H-pyrrole nitrogens is 1. The number of hydrogen-bond acceptors (Lipinski definition) is 9. The average molecular weight is 475 g/mol. The van der Waals surface area contributed by atoms with Crippen molar-refractivity contribution in [2.24, 2.45) is 0 Å². The summed E-state index contributed by atoms with van der Waals surface area (Å²) in [7, 11) is -4.78. The molecule has 32 heavy (non-hydrogen) atoms. The van der Waals surface area contributed by atoms with Crippen molar-refractivity contribution in [3.63, 3.8) is 0 Å². The van der Waals surface area contributed by atoms with Crippen molar-refractivity contribution in [2.75, 3.05) is 18.5 Å². The SMILES string of the molecule is CCCCCCCCNc1nc2c(ncn2[C@@H]2O[C@H](COP(=O)(O)O)[C@@H](O)[C@H]2O)c(=O)[nH]1. The smallest absolute Gasteiger partial charge is 0.387 e. The minimum absolute atomic E-state index is 0.0234. The highest BCUT2D eigenvalue weighted by Gasteiger charge is 2.45. The topological polar surface area (TPSA) is 192 Å². The van der Waals surface area contributed by atoms with Gasteiger partial charge in [-0.05, 0) is 6.42 Å². The van der Waals surface area contributed by atoms with Gasteiger partial charge < -0.3 is 30.1 Å². The Morgan fingerprint density at radius 1 is 1.22 bits per heavy atom. The lowest BCUT2D eigenvalue weighted by Gasteiger charge is -2.16. The summed E-state index contributed by atoms with van der Waals surface area (Å²) in [6.07, 6.45) is 2.67. The fourth-order valence-electron chi connectivity index (χ4n) is 3.58. The molecule has 1 aliphatic rings. The largest absolute Gasteiger partial charge is 0.469 e. The summed E-state index contributed by atoms with van der Waals surface area (Å²) in [4.78, 5) is 41.1. The second kappa shape index (κ2) is 10.8. The van der Waals surface area contributed by atoms with Gasteiger partial charge in [0, 0.05) is 6.54 Å². The summed E-state index contributed by atoms with van der Waals surface area (Å²) >= 11 is 0. The molecule has 0 saturated carbocycles. The van der Waals surface area contributed by atoms with E-state index < -0.39 is 44.5 Å². The van der Waals surface area contributed by atoms with E-state index in [-0.39, 0.29) is 17.1 Å². The van der Waals surface area contributed by atoms with Crippen molar-refractivity contribution in [3.8, 4) is 0 Å². The zero-order valence-electron chi connectivity index (χ0n) is 17.8. The van der Waals surface area contributed by atoms with Gasteiger partial charge in [0.2, 0.25) is 5.95 Å². The van der Waals surface area contributed by atoms with Gasteiger partial charge in [-0.1, -0.05) is 39.0 Å². The van der Waals surface area contributed by atoms with Crippen LogP contribution < -0.4 is 10.9 Å². The molecule has 4 atom stereocenters. The maximum absolute atomic E-state index is 12.4. The number of fused-ring (bicyclic) bond motifs is 1. The van der Waals surface area contributed by atoms with E-state index >= 15 is 0 Å². The monoisotopic (exact) mass is 475 g/mol. The van der Waals surface area contributed by atoms with Crippen molar-refractivity contribution in [1.82, 2.24) is 19.5 Å². The number of imidazole rings is 1. The normalized spacial score (nSPS) is 23.8. The number of aromatic nitrogens is 4. The number of phosphoric acid groups is 1. The molecule has 0 amide bonds. The van der Waals surface area contributed by atoms with Gasteiger partial charge in [-0.2, -0.15) is 4.98 Å². The van der Waals surface area contributed by atoms with Crippen LogP contribution in [0.5, 0.6) is 0 Å². The third kappa shape index (κ3) is 6.13. The van der Waals surface area contributed by atoms with Crippen LogP contribution in [-0.2, 0) is 13.8 Å². The van der Waals surface area contributed by atoms with Crippen molar-refractivity contribution < 1.29 is 33.8 Å². The Labute approximate surface area is 184 Å². The first-order chi connectivity index (χ1) is 15.2. The first-order valence-electron chi connectivity index (χ1n) is 10.6. The van der Waals surface area contributed by atoms with E-state index in [1.807, 2.05) is 0 Å². The number of nitrogens with zero attached hydrogens (tertiary/aromatic N) is 3. The van der Waals surface area contributed by atoms with Crippen LogP contribution in [0.25, 0.3) is 11.2 Å². The molecular formula is C18H30N5O8P. The lowest BCUT2D eigenvalue weighted by Crippen LogP contribution is -2.33. The van der Waals surface area contributed by atoms with Crippen LogP contribution in [0.4, 0.5) is 5.95 Å². The molecule has 0 unspecified atom stereocenters. The number of ether oxygens (including phenoxy) is 1. The number of rotatable bonds is 12. The van der Waals surface area contributed by atoms with E-state index in [0.717, 1.165) is 19.3 Å².